The molecule has 1 amide bonds. The SMILES string of the molecule is C=NC1(c2cc(NC(=O)c3cnc(SC)cn3)ccc2F)CCCC1CSCN. The van der Waals surface area contributed by atoms with Gasteiger partial charge in [-0.25, -0.2) is 14.4 Å². The van der Waals surface area contributed by atoms with E-state index in [2.05, 4.69) is 27.0 Å². The number of benzene rings is 1. The molecule has 1 aliphatic rings. The number of aliphatic imine (C=N–C) groups is 1. The highest BCUT2D eigenvalue weighted by Crippen LogP contribution is 2.49. The van der Waals surface area contributed by atoms with Crippen LogP contribution in [0.5, 0.6) is 0 Å². The van der Waals surface area contributed by atoms with Gasteiger partial charge in [0.15, 0.2) is 0 Å². The Labute approximate surface area is 178 Å². The smallest absolute Gasteiger partial charge is 0.275 e. The van der Waals surface area contributed by atoms with Crippen molar-refractivity contribution in [1.29, 1.82) is 0 Å². The highest BCUT2D eigenvalue weighted by molar-refractivity contribution is 7.99. The van der Waals surface area contributed by atoms with Crippen molar-refractivity contribution in [2.75, 3.05) is 23.2 Å². The average molecular weight is 434 g/mol. The summed E-state index contributed by atoms with van der Waals surface area (Å²) in [6.07, 6.45) is 7.47. The van der Waals surface area contributed by atoms with Gasteiger partial charge in [-0.1, -0.05) is 6.42 Å². The standard InChI is InChI=1S/C20H24FN5OS2/c1-23-20(7-3-4-13(20)11-29-12-22)15-8-14(5-6-16(15)21)26-19(27)17-9-25-18(28-2)10-24-17/h5-6,8-10,13H,1,3-4,7,11-12,22H2,2H3,(H,26,27). The van der Waals surface area contributed by atoms with Crippen LogP contribution in [0, 0.1) is 11.7 Å². The number of halogens is 1. The van der Waals surface area contributed by atoms with Crippen molar-refractivity contribution in [2.45, 2.75) is 29.8 Å². The maximum atomic E-state index is 14.8. The minimum Gasteiger partial charge on any atom is -0.322 e. The van der Waals surface area contributed by atoms with Gasteiger partial charge in [0.1, 0.15) is 16.5 Å². The first-order valence-corrected chi connectivity index (χ1v) is 11.6. The van der Waals surface area contributed by atoms with Crippen LogP contribution in [0.3, 0.4) is 0 Å². The molecule has 2 atom stereocenters. The van der Waals surface area contributed by atoms with Crippen molar-refractivity contribution in [3.05, 3.63) is 47.7 Å². The summed E-state index contributed by atoms with van der Waals surface area (Å²) in [6.45, 7) is 3.78. The fourth-order valence-electron chi connectivity index (χ4n) is 3.81. The third-order valence-electron chi connectivity index (χ3n) is 5.27. The molecule has 1 aromatic carbocycles. The van der Waals surface area contributed by atoms with Gasteiger partial charge < -0.3 is 11.1 Å². The third kappa shape index (κ3) is 4.62. The Balaban J connectivity index is 1.86. The van der Waals surface area contributed by atoms with Gasteiger partial charge in [-0.3, -0.25) is 9.79 Å². The molecule has 0 aliphatic heterocycles. The summed E-state index contributed by atoms with van der Waals surface area (Å²) in [5, 5.41) is 3.51. The summed E-state index contributed by atoms with van der Waals surface area (Å²) >= 11 is 3.07. The Morgan fingerprint density at radius 1 is 1.45 bits per heavy atom. The summed E-state index contributed by atoms with van der Waals surface area (Å²) in [7, 11) is 0. The Kier molecular flexibility index (Phi) is 7.26. The number of carbonyl (C=O) groups is 1. The predicted octanol–water partition coefficient (Wildman–Crippen LogP) is 3.94. The molecule has 6 nitrogen and oxygen atoms in total. The topological polar surface area (TPSA) is 93.3 Å². The number of hydrogen-bond acceptors (Lipinski definition) is 7. The summed E-state index contributed by atoms with van der Waals surface area (Å²) in [5.41, 5.74) is 6.09. The lowest BCUT2D eigenvalue weighted by Crippen LogP contribution is -2.31. The van der Waals surface area contributed by atoms with E-state index in [0.29, 0.717) is 17.1 Å². The van der Waals surface area contributed by atoms with E-state index in [9.17, 15) is 9.18 Å². The number of carbonyl (C=O) groups excluding carboxylic acids is 1. The fourth-order valence-corrected chi connectivity index (χ4v) is 4.99. The molecule has 0 radical (unpaired) electrons. The number of hydrogen-bond donors (Lipinski definition) is 2. The second kappa shape index (κ2) is 9.69. The van der Waals surface area contributed by atoms with Crippen molar-refractivity contribution in [3.8, 4) is 0 Å². The normalized spacial score (nSPS) is 21.1. The zero-order valence-corrected chi connectivity index (χ0v) is 17.9. The second-order valence-corrected chi connectivity index (χ2v) is 8.70. The number of nitrogens with two attached hydrogens (primary N) is 1. The molecule has 2 aromatic rings. The van der Waals surface area contributed by atoms with Crippen molar-refractivity contribution in [1.82, 2.24) is 9.97 Å². The molecule has 3 N–H and O–H groups in total. The number of rotatable bonds is 8. The van der Waals surface area contributed by atoms with E-state index in [-0.39, 0.29) is 17.4 Å². The molecule has 3 rings (SSSR count). The monoisotopic (exact) mass is 433 g/mol. The van der Waals surface area contributed by atoms with Crippen molar-refractivity contribution < 1.29 is 9.18 Å². The van der Waals surface area contributed by atoms with E-state index in [1.165, 1.54) is 30.1 Å². The molecule has 2 unspecified atom stereocenters. The first-order chi connectivity index (χ1) is 14.0. The number of nitrogens with zero attached hydrogens (tertiary/aromatic N) is 3. The van der Waals surface area contributed by atoms with Gasteiger partial charge in [0.25, 0.3) is 5.91 Å². The minimum atomic E-state index is -0.702. The van der Waals surface area contributed by atoms with E-state index in [1.54, 1.807) is 24.0 Å². The molecule has 1 heterocycles. The summed E-state index contributed by atoms with van der Waals surface area (Å²) in [4.78, 5) is 25.2. The molecular formula is C20H24FN5OS2. The molecule has 0 spiro atoms. The number of thioether (sulfide) groups is 2. The van der Waals surface area contributed by atoms with Crippen LogP contribution >= 0.6 is 23.5 Å². The largest absolute Gasteiger partial charge is 0.322 e. The van der Waals surface area contributed by atoms with Crippen LogP contribution in [-0.2, 0) is 5.54 Å². The molecular weight excluding hydrogens is 409 g/mol. The van der Waals surface area contributed by atoms with Crippen LogP contribution in [-0.4, -0.2) is 40.5 Å². The van der Waals surface area contributed by atoms with E-state index >= 15 is 0 Å². The number of anilines is 1. The Hall–Kier alpha value is -1.97. The van der Waals surface area contributed by atoms with Crippen LogP contribution in [0.1, 0.15) is 35.3 Å². The van der Waals surface area contributed by atoms with Gasteiger partial charge in [0.2, 0.25) is 0 Å². The average Bonchev–Trinajstić information content (AvgIpc) is 3.17. The van der Waals surface area contributed by atoms with Gasteiger partial charge in [-0.2, -0.15) is 0 Å². The number of amides is 1. The van der Waals surface area contributed by atoms with Crippen molar-refractivity contribution >= 4 is 41.8 Å². The van der Waals surface area contributed by atoms with Crippen LogP contribution in [0.2, 0.25) is 0 Å². The van der Waals surface area contributed by atoms with E-state index in [4.69, 9.17) is 5.73 Å². The fraction of sp³-hybridized carbons (Fsp3) is 0.400. The van der Waals surface area contributed by atoms with E-state index in [1.807, 2.05) is 6.26 Å². The lowest BCUT2D eigenvalue weighted by atomic mass is 9.81. The predicted molar refractivity (Wildman–Crippen MR) is 118 cm³/mol. The Morgan fingerprint density at radius 3 is 2.93 bits per heavy atom. The molecule has 1 aliphatic carbocycles. The van der Waals surface area contributed by atoms with Crippen LogP contribution in [0.4, 0.5) is 10.1 Å². The first-order valence-electron chi connectivity index (χ1n) is 9.27. The zero-order valence-electron chi connectivity index (χ0n) is 16.2. The lowest BCUT2D eigenvalue weighted by molar-refractivity contribution is 0.102. The third-order valence-corrected chi connectivity index (χ3v) is 6.77. The highest BCUT2D eigenvalue weighted by atomic mass is 32.2. The van der Waals surface area contributed by atoms with Crippen LogP contribution in [0.15, 0.2) is 40.6 Å². The van der Waals surface area contributed by atoms with E-state index < -0.39 is 11.4 Å². The molecule has 1 aromatic heterocycles. The maximum absolute atomic E-state index is 14.8. The summed E-state index contributed by atoms with van der Waals surface area (Å²) in [6, 6.07) is 4.57. The molecule has 1 saturated carbocycles. The first kappa shape index (κ1) is 21.7. The van der Waals surface area contributed by atoms with Gasteiger partial charge in [0.05, 0.1) is 17.9 Å². The maximum Gasteiger partial charge on any atom is 0.275 e. The number of aromatic nitrogens is 2. The van der Waals surface area contributed by atoms with Gasteiger partial charge in [-0.05, 0) is 49.9 Å². The summed E-state index contributed by atoms with van der Waals surface area (Å²) in [5.74, 6) is 0.717. The highest BCUT2D eigenvalue weighted by Gasteiger charge is 2.45. The van der Waals surface area contributed by atoms with Gasteiger partial charge in [0, 0.05) is 22.9 Å². The Morgan fingerprint density at radius 2 is 2.28 bits per heavy atom. The molecule has 0 bridgehead atoms. The minimum absolute atomic E-state index is 0.152. The molecule has 154 valence electrons. The summed E-state index contributed by atoms with van der Waals surface area (Å²) < 4.78 is 14.8. The van der Waals surface area contributed by atoms with Gasteiger partial charge >= 0.3 is 0 Å². The number of nitrogens with one attached hydrogen (secondary N) is 1. The van der Waals surface area contributed by atoms with Crippen LogP contribution in [0.25, 0.3) is 0 Å². The Bertz CT molecular complexity index is 880. The van der Waals surface area contributed by atoms with Crippen molar-refractivity contribution in [3.63, 3.8) is 0 Å². The second-order valence-electron chi connectivity index (χ2n) is 6.80. The lowest BCUT2D eigenvalue weighted by Gasteiger charge is -2.32. The zero-order chi connectivity index (χ0) is 20.9. The van der Waals surface area contributed by atoms with Crippen LogP contribution < -0.4 is 11.1 Å². The van der Waals surface area contributed by atoms with Crippen molar-refractivity contribution in [2.24, 2.45) is 16.6 Å². The van der Waals surface area contributed by atoms with Gasteiger partial charge in [-0.15, -0.1) is 23.5 Å². The molecule has 9 heteroatoms. The molecule has 1 fully saturated rings. The molecule has 29 heavy (non-hydrogen) atoms. The van der Waals surface area contributed by atoms with E-state index in [0.717, 1.165) is 30.0 Å². The molecule has 0 saturated heterocycles. The quantitative estimate of drug-likeness (QED) is 0.372.